The maximum atomic E-state index is 12.3. The zero-order valence-corrected chi connectivity index (χ0v) is 12.8. The van der Waals surface area contributed by atoms with Gasteiger partial charge >= 0.3 is 5.97 Å². The lowest BCUT2D eigenvalue weighted by atomic mass is 10.2. The van der Waals surface area contributed by atoms with E-state index < -0.39 is 5.97 Å². The van der Waals surface area contributed by atoms with Crippen LogP contribution < -0.4 is 4.90 Å². The van der Waals surface area contributed by atoms with Crippen molar-refractivity contribution in [3.05, 3.63) is 22.7 Å². The predicted octanol–water partition coefficient (Wildman–Crippen LogP) is 3.14. The van der Waals surface area contributed by atoms with E-state index >= 15 is 0 Å². The first-order valence-corrected chi connectivity index (χ1v) is 7.73. The smallest absolute Gasteiger partial charge is 0.303 e. The van der Waals surface area contributed by atoms with Crippen molar-refractivity contribution < 1.29 is 14.7 Å². The first-order valence-electron chi connectivity index (χ1n) is 5.96. The fraction of sp³-hybridized carbons (Fsp3) is 0.385. The first kappa shape index (κ1) is 14.4. The third kappa shape index (κ3) is 3.12. The topological polar surface area (TPSA) is 57.6 Å². The molecule has 1 amide bonds. The number of carbonyl (C=O) groups is 2. The van der Waals surface area contributed by atoms with Crippen molar-refractivity contribution in [1.29, 1.82) is 0 Å². The number of anilines is 1. The molecule has 1 N–H and O–H groups in total. The quantitative estimate of drug-likeness (QED) is 0.915. The maximum absolute atomic E-state index is 12.3. The zero-order valence-electron chi connectivity index (χ0n) is 10.4. The number of carboxylic acid groups (broad SMARTS) is 1. The van der Waals surface area contributed by atoms with Crippen LogP contribution in [0.3, 0.4) is 0 Å². The van der Waals surface area contributed by atoms with E-state index in [1.165, 1.54) is 0 Å². The van der Waals surface area contributed by atoms with Gasteiger partial charge in [-0.1, -0.05) is 6.07 Å². The van der Waals surface area contributed by atoms with Crippen LogP contribution in [0.4, 0.5) is 5.69 Å². The molecular formula is C13H14BrNO3S. The van der Waals surface area contributed by atoms with E-state index in [0.29, 0.717) is 0 Å². The molecule has 0 radical (unpaired) electrons. The normalized spacial score (nSPS) is 18.0. The molecule has 0 aliphatic carbocycles. The van der Waals surface area contributed by atoms with Crippen LogP contribution in [0, 0.1) is 0 Å². The lowest BCUT2D eigenvalue weighted by Gasteiger charge is -2.35. The standard InChI is InChI=1S/C13H14BrNO3S/c1-8-7-19-10-4-2-3-9(14)13(10)15(8)11(16)5-6-12(17)18/h2-4,8H,5-7H2,1H3,(H,17,18). The van der Waals surface area contributed by atoms with Gasteiger partial charge in [-0.15, -0.1) is 11.8 Å². The molecule has 0 fully saturated rings. The van der Waals surface area contributed by atoms with Gasteiger partial charge in [0.1, 0.15) is 0 Å². The minimum atomic E-state index is -0.945. The van der Waals surface area contributed by atoms with Crippen LogP contribution in [-0.2, 0) is 9.59 Å². The van der Waals surface area contributed by atoms with Gasteiger partial charge in [0.05, 0.1) is 12.1 Å². The molecule has 1 aromatic rings. The second-order valence-corrected chi connectivity index (χ2v) is 6.32. The largest absolute Gasteiger partial charge is 0.481 e. The van der Waals surface area contributed by atoms with E-state index in [9.17, 15) is 9.59 Å². The van der Waals surface area contributed by atoms with Gasteiger partial charge in [-0.2, -0.15) is 0 Å². The predicted molar refractivity (Wildman–Crippen MR) is 78.7 cm³/mol. The zero-order chi connectivity index (χ0) is 14.0. The highest BCUT2D eigenvalue weighted by molar-refractivity contribution is 9.10. The third-order valence-electron chi connectivity index (χ3n) is 2.93. The molecule has 0 saturated heterocycles. The summed E-state index contributed by atoms with van der Waals surface area (Å²) < 4.78 is 0.868. The molecule has 102 valence electrons. The van der Waals surface area contributed by atoms with Crippen molar-refractivity contribution in [3.63, 3.8) is 0 Å². The van der Waals surface area contributed by atoms with E-state index in [0.717, 1.165) is 20.8 Å². The molecule has 0 spiro atoms. The van der Waals surface area contributed by atoms with Gasteiger partial charge in [-0.3, -0.25) is 9.59 Å². The number of aliphatic carboxylic acids is 1. The molecule has 1 aliphatic rings. The van der Waals surface area contributed by atoms with Crippen molar-refractivity contribution in [2.75, 3.05) is 10.7 Å². The Morgan fingerprint density at radius 2 is 2.21 bits per heavy atom. The van der Waals surface area contributed by atoms with Crippen LogP contribution >= 0.6 is 27.7 Å². The summed E-state index contributed by atoms with van der Waals surface area (Å²) in [7, 11) is 0. The fourth-order valence-electron chi connectivity index (χ4n) is 2.06. The van der Waals surface area contributed by atoms with Crippen molar-refractivity contribution >= 4 is 45.3 Å². The Balaban J connectivity index is 2.30. The molecule has 1 atom stereocenters. The molecule has 4 nitrogen and oxygen atoms in total. The Kier molecular flexibility index (Phi) is 4.52. The van der Waals surface area contributed by atoms with Gasteiger partial charge in [0.25, 0.3) is 0 Å². The number of nitrogens with zero attached hydrogens (tertiary/aromatic N) is 1. The number of carboxylic acids is 1. The second-order valence-electron chi connectivity index (χ2n) is 4.40. The molecule has 19 heavy (non-hydrogen) atoms. The van der Waals surface area contributed by atoms with Gasteiger partial charge in [-0.05, 0) is 35.0 Å². The van der Waals surface area contributed by atoms with E-state index in [4.69, 9.17) is 5.11 Å². The second kappa shape index (κ2) is 5.96. The van der Waals surface area contributed by atoms with Crippen LogP contribution in [0.25, 0.3) is 0 Å². The van der Waals surface area contributed by atoms with Crippen LogP contribution in [-0.4, -0.2) is 28.8 Å². The number of halogens is 1. The fourth-order valence-corrected chi connectivity index (χ4v) is 3.83. The summed E-state index contributed by atoms with van der Waals surface area (Å²) in [6, 6.07) is 5.88. The van der Waals surface area contributed by atoms with E-state index in [1.54, 1.807) is 16.7 Å². The maximum Gasteiger partial charge on any atom is 0.303 e. The molecular weight excluding hydrogens is 330 g/mol. The number of para-hydroxylation sites is 1. The molecule has 6 heteroatoms. The van der Waals surface area contributed by atoms with Crippen LogP contribution in [0.2, 0.25) is 0 Å². The van der Waals surface area contributed by atoms with Gasteiger partial charge in [0.15, 0.2) is 0 Å². The molecule has 0 bridgehead atoms. The number of hydrogen-bond donors (Lipinski definition) is 1. The van der Waals surface area contributed by atoms with E-state index in [2.05, 4.69) is 15.9 Å². The van der Waals surface area contributed by atoms with Crippen LogP contribution in [0.5, 0.6) is 0 Å². The summed E-state index contributed by atoms with van der Waals surface area (Å²) in [6.45, 7) is 1.98. The van der Waals surface area contributed by atoms with Crippen molar-refractivity contribution in [2.24, 2.45) is 0 Å². The minimum absolute atomic E-state index is 0.0329. The summed E-state index contributed by atoms with van der Waals surface area (Å²) in [4.78, 5) is 25.6. The molecule has 0 saturated carbocycles. The summed E-state index contributed by atoms with van der Waals surface area (Å²) in [5.41, 5.74) is 0.863. The third-order valence-corrected chi connectivity index (χ3v) is 4.86. The van der Waals surface area contributed by atoms with Crippen molar-refractivity contribution in [3.8, 4) is 0 Å². The van der Waals surface area contributed by atoms with Gasteiger partial charge in [-0.25, -0.2) is 0 Å². The highest BCUT2D eigenvalue weighted by atomic mass is 79.9. The summed E-state index contributed by atoms with van der Waals surface area (Å²) in [5.74, 6) is -0.259. The number of benzene rings is 1. The van der Waals surface area contributed by atoms with Crippen molar-refractivity contribution in [1.82, 2.24) is 0 Å². The highest BCUT2D eigenvalue weighted by Crippen LogP contribution is 2.42. The number of thioether (sulfide) groups is 1. The number of amides is 1. The molecule has 1 aliphatic heterocycles. The molecule has 1 aromatic carbocycles. The SMILES string of the molecule is CC1CSc2cccc(Br)c2N1C(=O)CCC(=O)O. The Hall–Kier alpha value is -1.01. The number of hydrogen-bond acceptors (Lipinski definition) is 3. The van der Waals surface area contributed by atoms with E-state index in [-0.39, 0.29) is 24.8 Å². The summed E-state index contributed by atoms with van der Waals surface area (Å²) in [5, 5.41) is 8.69. The molecule has 0 aromatic heterocycles. The molecule has 1 unspecified atom stereocenters. The lowest BCUT2D eigenvalue weighted by Crippen LogP contribution is -2.42. The Morgan fingerprint density at radius 3 is 2.89 bits per heavy atom. The van der Waals surface area contributed by atoms with Gasteiger partial charge in [0.2, 0.25) is 5.91 Å². The number of carbonyl (C=O) groups excluding carboxylic acids is 1. The Morgan fingerprint density at radius 1 is 1.47 bits per heavy atom. The number of fused-ring (bicyclic) bond motifs is 1. The Bertz CT molecular complexity index is 521. The molecule has 2 rings (SSSR count). The lowest BCUT2D eigenvalue weighted by molar-refractivity contribution is -0.138. The minimum Gasteiger partial charge on any atom is -0.481 e. The molecule has 1 heterocycles. The summed E-state index contributed by atoms with van der Waals surface area (Å²) >= 11 is 5.19. The highest BCUT2D eigenvalue weighted by Gasteiger charge is 2.30. The van der Waals surface area contributed by atoms with Crippen LogP contribution in [0.15, 0.2) is 27.6 Å². The first-order chi connectivity index (χ1) is 9.00. The van der Waals surface area contributed by atoms with Gasteiger partial charge < -0.3 is 10.0 Å². The van der Waals surface area contributed by atoms with Crippen LogP contribution in [0.1, 0.15) is 19.8 Å². The van der Waals surface area contributed by atoms with Gasteiger partial charge in [0, 0.05) is 27.6 Å². The Labute approximate surface area is 124 Å². The summed E-state index contributed by atoms with van der Waals surface area (Å²) in [6.07, 6.45) is -0.0971. The number of rotatable bonds is 3. The monoisotopic (exact) mass is 343 g/mol. The van der Waals surface area contributed by atoms with E-state index in [1.807, 2.05) is 25.1 Å². The van der Waals surface area contributed by atoms with Crippen molar-refractivity contribution in [2.45, 2.75) is 30.7 Å². The average molecular weight is 344 g/mol. The average Bonchev–Trinajstić information content (AvgIpc) is 2.36.